The van der Waals surface area contributed by atoms with Gasteiger partial charge in [-0.3, -0.25) is 4.79 Å². The second kappa shape index (κ2) is 6.49. The summed E-state index contributed by atoms with van der Waals surface area (Å²) in [4.78, 5) is 12.8. The summed E-state index contributed by atoms with van der Waals surface area (Å²) in [6.45, 7) is 3.80. The van der Waals surface area contributed by atoms with Gasteiger partial charge in [0, 0.05) is 24.6 Å². The Kier molecular flexibility index (Phi) is 4.56. The zero-order valence-corrected chi connectivity index (χ0v) is 14.5. The minimum atomic E-state index is -3.70. The van der Waals surface area contributed by atoms with Gasteiger partial charge in [-0.25, -0.2) is 8.42 Å². The lowest BCUT2D eigenvalue weighted by molar-refractivity contribution is 0.0872. The predicted octanol–water partition coefficient (Wildman–Crippen LogP) is 2.58. The van der Waals surface area contributed by atoms with Crippen LogP contribution in [0.2, 0.25) is 0 Å². The Morgan fingerprint density at radius 1 is 1.25 bits per heavy atom. The van der Waals surface area contributed by atoms with E-state index in [-0.39, 0.29) is 28.9 Å². The van der Waals surface area contributed by atoms with Gasteiger partial charge in [0.1, 0.15) is 10.6 Å². The molecule has 1 atom stereocenters. The Morgan fingerprint density at radius 3 is 2.58 bits per heavy atom. The molecule has 6 nitrogen and oxygen atoms in total. The minimum absolute atomic E-state index is 0.00531. The molecule has 2 heterocycles. The topological polar surface area (TPSA) is 80.5 Å². The van der Waals surface area contributed by atoms with Gasteiger partial charge in [0.2, 0.25) is 10.0 Å². The van der Waals surface area contributed by atoms with Crippen molar-refractivity contribution in [3.05, 3.63) is 47.3 Å². The summed E-state index contributed by atoms with van der Waals surface area (Å²) in [6.07, 6.45) is 1.35. The van der Waals surface area contributed by atoms with Crippen LogP contribution in [0.1, 0.15) is 34.7 Å². The highest BCUT2D eigenvalue weighted by atomic mass is 32.2. The molecule has 0 N–H and O–H groups in total. The van der Waals surface area contributed by atoms with E-state index in [2.05, 4.69) is 5.16 Å². The van der Waals surface area contributed by atoms with E-state index in [1.807, 2.05) is 18.2 Å². The average Bonchev–Trinajstić information content (AvgIpc) is 2.94. The van der Waals surface area contributed by atoms with Crippen molar-refractivity contribution in [2.75, 3.05) is 13.1 Å². The molecule has 1 saturated heterocycles. The first-order chi connectivity index (χ1) is 11.4. The van der Waals surface area contributed by atoms with E-state index in [0.717, 1.165) is 0 Å². The van der Waals surface area contributed by atoms with Crippen LogP contribution in [0.5, 0.6) is 0 Å². The summed E-state index contributed by atoms with van der Waals surface area (Å²) >= 11 is 0. The molecule has 7 heteroatoms. The van der Waals surface area contributed by atoms with Crippen LogP contribution in [0.15, 0.2) is 39.8 Å². The highest BCUT2D eigenvalue weighted by molar-refractivity contribution is 7.89. The Bertz CT molecular complexity index is 823. The number of carbonyl (C=O) groups excluding carboxylic acids is 1. The van der Waals surface area contributed by atoms with Gasteiger partial charge in [0.15, 0.2) is 11.5 Å². The van der Waals surface area contributed by atoms with Crippen molar-refractivity contribution in [1.82, 2.24) is 9.46 Å². The van der Waals surface area contributed by atoms with Crippen molar-refractivity contribution in [3.63, 3.8) is 0 Å². The second-order valence-corrected chi connectivity index (χ2v) is 7.96. The number of rotatable bonds is 4. The molecule has 0 radical (unpaired) electrons. The zero-order valence-electron chi connectivity index (χ0n) is 13.7. The first-order valence-corrected chi connectivity index (χ1v) is 9.37. The molecule has 0 saturated carbocycles. The Labute approximate surface area is 141 Å². The third-order valence-electron chi connectivity index (χ3n) is 4.38. The van der Waals surface area contributed by atoms with Crippen LogP contribution in [0.3, 0.4) is 0 Å². The Morgan fingerprint density at radius 2 is 1.96 bits per heavy atom. The third-order valence-corrected chi connectivity index (χ3v) is 6.49. The van der Waals surface area contributed by atoms with Gasteiger partial charge in [-0.1, -0.05) is 35.5 Å². The lowest BCUT2D eigenvalue weighted by Gasteiger charge is -2.31. The summed E-state index contributed by atoms with van der Waals surface area (Å²) in [5.74, 6) is -0.0466. The summed E-state index contributed by atoms with van der Waals surface area (Å²) in [6, 6.07) is 9.02. The number of ketones is 1. The molecule has 1 aliphatic heterocycles. The molecule has 2 aromatic rings. The van der Waals surface area contributed by atoms with E-state index in [1.54, 1.807) is 26.0 Å². The van der Waals surface area contributed by atoms with Crippen molar-refractivity contribution < 1.29 is 17.7 Å². The number of aromatic nitrogens is 1. The highest BCUT2D eigenvalue weighted by Gasteiger charge is 2.36. The van der Waals surface area contributed by atoms with E-state index < -0.39 is 10.0 Å². The molecule has 0 aliphatic carbocycles. The number of Topliss-reactive ketones (excluding diaryl/α,β-unsaturated/α-hetero) is 1. The molecule has 24 heavy (non-hydrogen) atoms. The molecule has 0 amide bonds. The minimum Gasteiger partial charge on any atom is -0.360 e. The van der Waals surface area contributed by atoms with Crippen molar-refractivity contribution in [3.8, 4) is 0 Å². The van der Waals surface area contributed by atoms with Crippen molar-refractivity contribution in [2.45, 2.75) is 31.6 Å². The molecule has 3 rings (SSSR count). The number of benzene rings is 1. The maximum absolute atomic E-state index is 12.9. The second-order valence-electron chi connectivity index (χ2n) is 6.09. The summed E-state index contributed by atoms with van der Waals surface area (Å²) < 4.78 is 32.2. The summed E-state index contributed by atoms with van der Waals surface area (Å²) in [7, 11) is -3.70. The van der Waals surface area contributed by atoms with E-state index in [1.165, 1.54) is 4.31 Å². The van der Waals surface area contributed by atoms with E-state index in [9.17, 15) is 13.2 Å². The molecule has 1 fully saturated rings. The van der Waals surface area contributed by atoms with Gasteiger partial charge in [0.05, 0.1) is 0 Å². The normalized spacial score (nSPS) is 19.3. The molecular formula is C17H20N2O4S. The summed E-state index contributed by atoms with van der Waals surface area (Å²) in [5, 5.41) is 3.73. The largest absolute Gasteiger partial charge is 0.360 e. The summed E-state index contributed by atoms with van der Waals surface area (Å²) in [5.41, 5.74) is 0.975. The van der Waals surface area contributed by atoms with Crippen LogP contribution in [0, 0.1) is 19.8 Å². The van der Waals surface area contributed by atoms with Crippen molar-refractivity contribution in [1.29, 1.82) is 0 Å². The van der Waals surface area contributed by atoms with Gasteiger partial charge in [-0.15, -0.1) is 0 Å². The Hall–Kier alpha value is -1.99. The lowest BCUT2D eigenvalue weighted by Crippen LogP contribution is -2.42. The maximum atomic E-state index is 12.9. The Balaban J connectivity index is 1.85. The maximum Gasteiger partial charge on any atom is 0.248 e. The van der Waals surface area contributed by atoms with Gasteiger partial charge in [-0.2, -0.15) is 4.31 Å². The number of hydrogen-bond donors (Lipinski definition) is 0. The van der Waals surface area contributed by atoms with Crippen LogP contribution >= 0.6 is 0 Å². The number of sulfonamides is 1. The first-order valence-electron chi connectivity index (χ1n) is 7.93. The fourth-order valence-corrected chi connectivity index (χ4v) is 5.00. The third kappa shape index (κ3) is 3.01. The molecule has 1 aliphatic rings. The van der Waals surface area contributed by atoms with Crippen LogP contribution in [0.25, 0.3) is 0 Å². The van der Waals surface area contributed by atoms with Gasteiger partial charge in [-0.05, 0) is 26.7 Å². The monoisotopic (exact) mass is 348 g/mol. The fraction of sp³-hybridized carbons (Fsp3) is 0.412. The number of nitrogens with zero attached hydrogens (tertiary/aromatic N) is 2. The van der Waals surface area contributed by atoms with Crippen molar-refractivity contribution >= 4 is 15.8 Å². The van der Waals surface area contributed by atoms with E-state index in [4.69, 9.17) is 4.52 Å². The number of carbonyl (C=O) groups is 1. The number of aryl methyl sites for hydroxylation is 2. The van der Waals surface area contributed by atoms with Gasteiger partial charge in [0.25, 0.3) is 0 Å². The lowest BCUT2D eigenvalue weighted by atomic mass is 9.91. The molecule has 128 valence electrons. The molecule has 1 aromatic heterocycles. The van der Waals surface area contributed by atoms with Crippen LogP contribution in [-0.2, 0) is 10.0 Å². The number of hydrogen-bond acceptors (Lipinski definition) is 5. The smallest absolute Gasteiger partial charge is 0.248 e. The van der Waals surface area contributed by atoms with E-state index >= 15 is 0 Å². The van der Waals surface area contributed by atoms with Gasteiger partial charge >= 0.3 is 0 Å². The molecule has 0 bridgehead atoms. The zero-order chi connectivity index (χ0) is 17.3. The van der Waals surface area contributed by atoms with Crippen LogP contribution < -0.4 is 0 Å². The first kappa shape index (κ1) is 16.9. The highest BCUT2D eigenvalue weighted by Crippen LogP contribution is 2.29. The molecule has 1 unspecified atom stereocenters. The standard InChI is InChI=1S/C17H20N2O4S/c1-12-17(13(2)23-18-12)24(21,22)19-10-6-9-15(11-19)16(20)14-7-4-3-5-8-14/h3-5,7-8,15H,6,9-11H2,1-2H3. The van der Waals surface area contributed by atoms with Crippen LogP contribution in [0.4, 0.5) is 0 Å². The molecule has 1 aromatic carbocycles. The fourth-order valence-electron chi connectivity index (χ4n) is 3.18. The van der Waals surface area contributed by atoms with Gasteiger partial charge < -0.3 is 4.52 Å². The number of piperidine rings is 1. The molecular weight excluding hydrogens is 328 g/mol. The predicted molar refractivity (Wildman–Crippen MR) is 88.2 cm³/mol. The van der Waals surface area contributed by atoms with E-state index in [0.29, 0.717) is 30.6 Å². The molecule has 0 spiro atoms. The van der Waals surface area contributed by atoms with Crippen LogP contribution in [-0.4, -0.2) is 36.8 Å². The quantitative estimate of drug-likeness (QED) is 0.793. The van der Waals surface area contributed by atoms with Crippen molar-refractivity contribution in [2.24, 2.45) is 5.92 Å². The average molecular weight is 348 g/mol. The SMILES string of the molecule is Cc1noc(C)c1S(=O)(=O)N1CCCC(C(=O)c2ccccc2)C1.